The molecular weight excluding hydrogens is 220 g/mol. The van der Waals surface area contributed by atoms with Crippen LogP contribution in [0.3, 0.4) is 0 Å². The highest BCUT2D eigenvalue weighted by Gasteiger charge is 2.47. The first-order valence-corrected chi connectivity index (χ1v) is 7.35. The largest absolute Gasteiger partial charge is 0.381 e. The van der Waals surface area contributed by atoms with Gasteiger partial charge in [0.1, 0.15) is 0 Å². The molecule has 2 heterocycles. The predicted octanol–water partition coefficient (Wildman–Crippen LogP) is 3.21. The van der Waals surface area contributed by atoms with Crippen LogP contribution >= 0.6 is 0 Å². The van der Waals surface area contributed by atoms with Gasteiger partial charge in [-0.25, -0.2) is 0 Å². The summed E-state index contributed by atoms with van der Waals surface area (Å²) in [4.78, 5) is 0. The lowest BCUT2D eigenvalue weighted by Crippen LogP contribution is -2.52. The third kappa shape index (κ3) is 1.66. The van der Waals surface area contributed by atoms with E-state index >= 15 is 0 Å². The van der Waals surface area contributed by atoms with Gasteiger partial charge >= 0.3 is 0 Å². The van der Waals surface area contributed by atoms with Crippen LogP contribution in [0.2, 0.25) is 0 Å². The first kappa shape index (κ1) is 12.0. The number of benzene rings is 1. The molecule has 2 nitrogen and oxygen atoms in total. The maximum atomic E-state index is 3.81. The topological polar surface area (TPSA) is 24.1 Å². The number of unbranched alkanes of at least 4 members (excludes halogenated alkanes) is 1. The van der Waals surface area contributed by atoms with E-state index in [0.717, 1.165) is 13.1 Å². The summed E-state index contributed by atoms with van der Waals surface area (Å²) in [5, 5.41) is 7.44. The molecule has 3 rings (SSSR count). The first-order valence-electron chi connectivity index (χ1n) is 7.35. The van der Waals surface area contributed by atoms with Gasteiger partial charge in [-0.15, -0.1) is 0 Å². The van der Waals surface area contributed by atoms with E-state index in [1.165, 1.54) is 36.9 Å². The van der Waals surface area contributed by atoms with Crippen molar-refractivity contribution in [1.29, 1.82) is 0 Å². The number of piperidine rings is 1. The van der Waals surface area contributed by atoms with Crippen molar-refractivity contribution in [3.8, 4) is 0 Å². The van der Waals surface area contributed by atoms with Crippen LogP contribution in [0.25, 0.3) is 0 Å². The van der Waals surface area contributed by atoms with Gasteiger partial charge in [-0.2, -0.15) is 0 Å². The summed E-state index contributed by atoms with van der Waals surface area (Å²) < 4.78 is 0. The number of para-hydroxylation sites is 1. The van der Waals surface area contributed by atoms with E-state index in [9.17, 15) is 0 Å². The van der Waals surface area contributed by atoms with E-state index < -0.39 is 0 Å². The van der Waals surface area contributed by atoms with Crippen molar-refractivity contribution in [1.82, 2.24) is 5.32 Å². The fraction of sp³-hybridized carbons (Fsp3) is 0.625. The summed E-state index contributed by atoms with van der Waals surface area (Å²) in [6, 6.07) is 7.43. The average Bonchev–Trinajstić information content (AvgIpc) is 2.73. The number of nitrogens with one attached hydrogen (secondary N) is 2. The molecule has 2 aliphatic heterocycles. The Morgan fingerprint density at radius 3 is 3.11 bits per heavy atom. The Kier molecular flexibility index (Phi) is 3.06. The van der Waals surface area contributed by atoms with Crippen LogP contribution in [0.5, 0.6) is 0 Å². The Bertz CT molecular complexity index is 441. The second-order valence-corrected chi connectivity index (χ2v) is 5.92. The zero-order valence-electron chi connectivity index (χ0n) is 11.6. The van der Waals surface area contributed by atoms with Crippen LogP contribution < -0.4 is 10.6 Å². The Morgan fingerprint density at radius 2 is 2.28 bits per heavy atom. The normalized spacial score (nSPS) is 29.6. The van der Waals surface area contributed by atoms with Crippen LogP contribution in [-0.4, -0.2) is 19.1 Å². The molecule has 1 fully saturated rings. The Labute approximate surface area is 110 Å². The number of fused-ring (bicyclic) bond motifs is 3. The van der Waals surface area contributed by atoms with E-state index in [4.69, 9.17) is 0 Å². The molecule has 98 valence electrons. The number of rotatable bonds is 3. The molecule has 1 saturated heterocycles. The summed E-state index contributed by atoms with van der Waals surface area (Å²) in [6.45, 7) is 6.81. The van der Waals surface area contributed by atoms with Crippen LogP contribution in [0.4, 0.5) is 5.69 Å². The highest BCUT2D eigenvalue weighted by Crippen LogP contribution is 2.47. The van der Waals surface area contributed by atoms with E-state index in [1.54, 1.807) is 5.56 Å². The van der Waals surface area contributed by atoms with Crippen LogP contribution in [0.1, 0.15) is 43.7 Å². The molecule has 0 bridgehead atoms. The van der Waals surface area contributed by atoms with Crippen molar-refractivity contribution < 1.29 is 0 Å². The Hall–Kier alpha value is -1.02. The Balaban J connectivity index is 2.03. The van der Waals surface area contributed by atoms with Gasteiger partial charge in [-0.3, -0.25) is 0 Å². The fourth-order valence-electron chi connectivity index (χ4n) is 3.79. The van der Waals surface area contributed by atoms with Crippen molar-refractivity contribution in [2.45, 2.75) is 51.0 Å². The van der Waals surface area contributed by atoms with Crippen LogP contribution in [-0.2, 0) is 5.41 Å². The van der Waals surface area contributed by atoms with Crippen molar-refractivity contribution in [2.75, 3.05) is 18.4 Å². The number of aryl methyl sites for hydroxylation is 1. The van der Waals surface area contributed by atoms with Crippen molar-refractivity contribution in [2.24, 2.45) is 0 Å². The zero-order chi connectivity index (χ0) is 12.6. The highest BCUT2D eigenvalue weighted by atomic mass is 15.1. The van der Waals surface area contributed by atoms with E-state index in [2.05, 4.69) is 42.7 Å². The van der Waals surface area contributed by atoms with E-state index in [0.29, 0.717) is 11.5 Å². The second kappa shape index (κ2) is 4.58. The average molecular weight is 244 g/mol. The molecule has 1 aromatic carbocycles. The predicted molar refractivity (Wildman–Crippen MR) is 77.3 cm³/mol. The summed E-state index contributed by atoms with van der Waals surface area (Å²) in [6.07, 6.45) is 5.17. The summed E-state index contributed by atoms with van der Waals surface area (Å²) in [5.41, 5.74) is 4.73. The molecular formula is C16H24N2. The number of anilines is 1. The van der Waals surface area contributed by atoms with E-state index in [1.807, 2.05) is 0 Å². The molecule has 0 aromatic heterocycles. The van der Waals surface area contributed by atoms with Crippen molar-refractivity contribution in [3.63, 3.8) is 0 Å². The second-order valence-electron chi connectivity index (χ2n) is 5.92. The SMILES string of the molecule is CCCCC12CNCCC1Nc1c(C)cccc12. The van der Waals surface area contributed by atoms with Gasteiger partial charge in [-0.1, -0.05) is 38.0 Å². The molecule has 0 saturated carbocycles. The summed E-state index contributed by atoms with van der Waals surface area (Å²) in [7, 11) is 0. The molecule has 0 amide bonds. The lowest BCUT2D eigenvalue weighted by molar-refractivity contribution is 0.274. The summed E-state index contributed by atoms with van der Waals surface area (Å²) >= 11 is 0. The number of hydrogen-bond acceptors (Lipinski definition) is 2. The summed E-state index contributed by atoms with van der Waals surface area (Å²) in [5.74, 6) is 0. The van der Waals surface area contributed by atoms with Gasteiger partial charge in [-0.05, 0) is 37.4 Å². The van der Waals surface area contributed by atoms with Gasteiger partial charge in [0.25, 0.3) is 0 Å². The molecule has 0 aliphatic carbocycles. The van der Waals surface area contributed by atoms with Gasteiger partial charge < -0.3 is 10.6 Å². The maximum Gasteiger partial charge on any atom is 0.0411 e. The molecule has 0 radical (unpaired) electrons. The minimum atomic E-state index is 0.343. The molecule has 2 atom stereocenters. The lowest BCUT2D eigenvalue weighted by Gasteiger charge is -2.40. The zero-order valence-corrected chi connectivity index (χ0v) is 11.6. The molecule has 18 heavy (non-hydrogen) atoms. The number of hydrogen-bond donors (Lipinski definition) is 2. The maximum absolute atomic E-state index is 3.81. The van der Waals surface area contributed by atoms with Gasteiger partial charge in [0.15, 0.2) is 0 Å². The third-order valence-corrected chi connectivity index (χ3v) is 4.82. The van der Waals surface area contributed by atoms with Gasteiger partial charge in [0.2, 0.25) is 0 Å². The Morgan fingerprint density at radius 1 is 1.39 bits per heavy atom. The standard InChI is InChI=1S/C16H24N2/c1-3-4-9-16-11-17-10-8-14(16)18-15-12(2)6-5-7-13(15)16/h5-7,14,17-18H,3-4,8-11H2,1-2H3. The molecule has 2 aliphatic rings. The lowest BCUT2D eigenvalue weighted by atomic mass is 9.70. The van der Waals surface area contributed by atoms with Crippen LogP contribution in [0.15, 0.2) is 18.2 Å². The minimum Gasteiger partial charge on any atom is -0.381 e. The molecule has 2 unspecified atom stereocenters. The quantitative estimate of drug-likeness (QED) is 0.853. The fourth-order valence-corrected chi connectivity index (χ4v) is 3.79. The molecule has 1 aromatic rings. The van der Waals surface area contributed by atoms with Crippen molar-refractivity contribution in [3.05, 3.63) is 29.3 Å². The smallest absolute Gasteiger partial charge is 0.0411 e. The van der Waals surface area contributed by atoms with Crippen LogP contribution in [0, 0.1) is 6.92 Å². The van der Waals surface area contributed by atoms with Crippen molar-refractivity contribution >= 4 is 5.69 Å². The van der Waals surface area contributed by atoms with E-state index in [-0.39, 0.29) is 0 Å². The minimum absolute atomic E-state index is 0.343. The van der Waals surface area contributed by atoms with Gasteiger partial charge in [0.05, 0.1) is 0 Å². The van der Waals surface area contributed by atoms with Gasteiger partial charge in [0, 0.05) is 23.7 Å². The third-order valence-electron chi connectivity index (χ3n) is 4.82. The molecule has 0 spiro atoms. The monoisotopic (exact) mass is 244 g/mol. The highest BCUT2D eigenvalue weighted by molar-refractivity contribution is 5.66. The molecule has 2 N–H and O–H groups in total. The first-order chi connectivity index (χ1) is 8.78. The molecule has 2 heteroatoms.